The minimum Gasteiger partial charge on any atom is -0.391 e. The van der Waals surface area contributed by atoms with E-state index in [9.17, 15) is 19.5 Å². The first-order valence-electron chi connectivity index (χ1n) is 13.0. The van der Waals surface area contributed by atoms with Crippen LogP contribution in [-0.4, -0.2) is 57.4 Å². The molecule has 4 unspecified atom stereocenters. The van der Waals surface area contributed by atoms with E-state index in [0.717, 1.165) is 41.0 Å². The van der Waals surface area contributed by atoms with Crippen molar-refractivity contribution >= 4 is 29.1 Å². The fraction of sp³-hybridized carbons (Fsp3) is 0.571. The van der Waals surface area contributed by atoms with E-state index in [4.69, 9.17) is 0 Å². The molecule has 0 bridgehead atoms. The molecule has 37 heavy (non-hydrogen) atoms. The third kappa shape index (κ3) is 7.17. The Morgan fingerprint density at radius 3 is 2.41 bits per heavy atom. The lowest BCUT2D eigenvalue weighted by Crippen LogP contribution is -2.57. The summed E-state index contributed by atoms with van der Waals surface area (Å²) in [5.74, 6) is -0.955. The van der Waals surface area contributed by atoms with Crippen LogP contribution < -0.4 is 10.6 Å². The largest absolute Gasteiger partial charge is 0.391 e. The van der Waals surface area contributed by atoms with E-state index in [-0.39, 0.29) is 36.7 Å². The van der Waals surface area contributed by atoms with Crippen LogP contribution in [0.25, 0.3) is 10.4 Å². The molecule has 0 saturated carbocycles. The number of likely N-dealkylation sites (tertiary alicyclic amines) is 1. The van der Waals surface area contributed by atoms with E-state index in [1.807, 2.05) is 45.3 Å². The molecule has 4 atom stereocenters. The molecule has 2 aromatic rings. The maximum Gasteiger partial charge on any atom is 0.246 e. The van der Waals surface area contributed by atoms with Crippen molar-refractivity contribution in [2.45, 2.75) is 91.5 Å². The molecule has 1 saturated heterocycles. The Labute approximate surface area is 223 Å². The molecular formula is C28H40N4O4S. The minimum atomic E-state index is -0.802. The second-order valence-electron chi connectivity index (χ2n) is 11.0. The maximum absolute atomic E-state index is 13.5. The zero-order valence-electron chi connectivity index (χ0n) is 22.7. The average molecular weight is 529 g/mol. The van der Waals surface area contributed by atoms with Crippen molar-refractivity contribution in [1.82, 2.24) is 20.5 Å². The minimum absolute atomic E-state index is 0.0611. The van der Waals surface area contributed by atoms with Gasteiger partial charge in [-0.15, -0.1) is 11.3 Å². The number of carbonyl (C=O) groups is 3. The van der Waals surface area contributed by atoms with Crippen LogP contribution in [-0.2, 0) is 14.4 Å². The first-order chi connectivity index (χ1) is 17.4. The number of aliphatic hydroxyl groups excluding tert-OH is 1. The van der Waals surface area contributed by atoms with Crippen LogP contribution >= 0.6 is 11.3 Å². The molecular weight excluding hydrogens is 488 g/mol. The van der Waals surface area contributed by atoms with Gasteiger partial charge in [-0.2, -0.15) is 0 Å². The number of β-amino-alcohol motifs (C(OH)–C–C–N with tert-alkyl or cyclic N) is 1. The number of aryl methyl sites for hydroxylation is 1. The van der Waals surface area contributed by atoms with Crippen LogP contribution in [0.15, 0.2) is 29.8 Å². The molecule has 0 radical (unpaired) electrons. The van der Waals surface area contributed by atoms with Gasteiger partial charge in [-0.3, -0.25) is 14.4 Å². The van der Waals surface area contributed by atoms with Crippen molar-refractivity contribution in [3.05, 3.63) is 41.0 Å². The van der Waals surface area contributed by atoms with E-state index in [0.29, 0.717) is 0 Å². The number of rotatable bonds is 9. The smallest absolute Gasteiger partial charge is 0.246 e. The highest BCUT2D eigenvalue weighted by Crippen LogP contribution is 2.30. The number of thiazole rings is 1. The Kier molecular flexibility index (Phi) is 9.47. The first-order valence-corrected chi connectivity index (χ1v) is 13.9. The van der Waals surface area contributed by atoms with E-state index < -0.39 is 23.6 Å². The van der Waals surface area contributed by atoms with Crippen molar-refractivity contribution in [3.63, 3.8) is 0 Å². The lowest BCUT2D eigenvalue weighted by molar-refractivity contribution is -0.144. The Hall–Kier alpha value is -2.78. The summed E-state index contributed by atoms with van der Waals surface area (Å²) < 4.78 is 0. The first kappa shape index (κ1) is 28.8. The summed E-state index contributed by atoms with van der Waals surface area (Å²) in [6.45, 7) is 11.1. The van der Waals surface area contributed by atoms with Crippen LogP contribution in [0, 0.1) is 12.3 Å². The standard InChI is InChI=1S/C28H40N4O4S/c1-7-8-9-22(19-10-12-20(13-11-19)24-17(2)29-16-37-24)31-26(35)23-14-21(34)15-32(23)27(36)25(28(4,5)6)30-18(3)33/h10-13,16,21-23,25,34H,7-9,14-15H2,1-6H3,(H,30,33)(H,31,35). The Balaban J connectivity index is 1.81. The fourth-order valence-electron chi connectivity index (χ4n) is 4.77. The molecule has 202 valence electrons. The SMILES string of the molecule is CCCCC(NC(=O)C1CC(O)CN1C(=O)C(NC(C)=O)C(C)(C)C)c1ccc(-c2scnc2C)cc1. The Morgan fingerprint density at radius 1 is 1.19 bits per heavy atom. The topological polar surface area (TPSA) is 112 Å². The van der Waals surface area contributed by atoms with Gasteiger partial charge in [-0.05, 0) is 29.9 Å². The molecule has 3 rings (SSSR count). The molecule has 2 heterocycles. The number of benzene rings is 1. The molecule has 1 aromatic heterocycles. The van der Waals surface area contributed by atoms with Gasteiger partial charge in [0.1, 0.15) is 12.1 Å². The maximum atomic E-state index is 13.5. The van der Waals surface area contributed by atoms with Crippen LogP contribution in [0.5, 0.6) is 0 Å². The molecule has 3 N–H and O–H groups in total. The zero-order valence-corrected chi connectivity index (χ0v) is 23.5. The summed E-state index contributed by atoms with van der Waals surface area (Å²) in [6, 6.07) is 6.36. The monoisotopic (exact) mass is 528 g/mol. The average Bonchev–Trinajstić information content (AvgIpc) is 3.44. The van der Waals surface area contributed by atoms with Gasteiger partial charge in [0, 0.05) is 19.9 Å². The highest BCUT2D eigenvalue weighted by Gasteiger charge is 2.44. The van der Waals surface area contributed by atoms with Crippen LogP contribution in [0.2, 0.25) is 0 Å². The van der Waals surface area contributed by atoms with Gasteiger partial charge in [0.25, 0.3) is 0 Å². The summed E-state index contributed by atoms with van der Waals surface area (Å²) in [5, 5.41) is 16.3. The number of hydrogen-bond donors (Lipinski definition) is 3. The third-order valence-electron chi connectivity index (χ3n) is 6.81. The number of nitrogens with zero attached hydrogens (tertiary/aromatic N) is 2. The summed E-state index contributed by atoms with van der Waals surface area (Å²) in [4.78, 5) is 45.7. The van der Waals surface area contributed by atoms with Crippen LogP contribution in [0.3, 0.4) is 0 Å². The Bertz CT molecular complexity index is 1090. The van der Waals surface area contributed by atoms with Crippen molar-refractivity contribution in [2.24, 2.45) is 5.41 Å². The molecule has 1 aliphatic heterocycles. The van der Waals surface area contributed by atoms with Gasteiger partial charge in [-0.25, -0.2) is 4.98 Å². The zero-order chi connectivity index (χ0) is 27.3. The number of amides is 3. The number of aliphatic hydroxyl groups is 1. The molecule has 0 spiro atoms. The van der Waals surface area contributed by atoms with Crippen molar-refractivity contribution in [2.75, 3.05) is 6.54 Å². The molecule has 1 aliphatic rings. The van der Waals surface area contributed by atoms with Crippen LogP contribution in [0.1, 0.15) is 77.6 Å². The molecule has 8 nitrogen and oxygen atoms in total. The van der Waals surface area contributed by atoms with Gasteiger partial charge in [-0.1, -0.05) is 64.8 Å². The quantitative estimate of drug-likeness (QED) is 0.456. The highest BCUT2D eigenvalue weighted by atomic mass is 32.1. The summed E-state index contributed by atoms with van der Waals surface area (Å²) in [5.41, 5.74) is 4.36. The van der Waals surface area contributed by atoms with Gasteiger partial charge in [0.2, 0.25) is 17.7 Å². The molecule has 3 amide bonds. The lowest BCUT2D eigenvalue weighted by atomic mass is 9.85. The van der Waals surface area contributed by atoms with Crippen molar-refractivity contribution in [1.29, 1.82) is 0 Å². The van der Waals surface area contributed by atoms with Gasteiger partial charge >= 0.3 is 0 Å². The van der Waals surface area contributed by atoms with Gasteiger partial charge in [0.15, 0.2) is 0 Å². The van der Waals surface area contributed by atoms with E-state index in [1.54, 1.807) is 11.3 Å². The predicted molar refractivity (Wildman–Crippen MR) is 146 cm³/mol. The van der Waals surface area contributed by atoms with Crippen LogP contribution in [0.4, 0.5) is 0 Å². The summed E-state index contributed by atoms with van der Waals surface area (Å²) in [7, 11) is 0. The molecule has 1 fully saturated rings. The summed E-state index contributed by atoms with van der Waals surface area (Å²) in [6.07, 6.45) is 2.06. The molecule has 9 heteroatoms. The molecule has 1 aromatic carbocycles. The number of nitrogens with one attached hydrogen (secondary N) is 2. The second kappa shape index (κ2) is 12.2. The van der Waals surface area contributed by atoms with Gasteiger partial charge in [0.05, 0.1) is 28.2 Å². The fourth-order valence-corrected chi connectivity index (χ4v) is 5.58. The second-order valence-corrected chi connectivity index (χ2v) is 11.8. The lowest BCUT2D eigenvalue weighted by Gasteiger charge is -2.35. The molecule has 0 aliphatic carbocycles. The van der Waals surface area contributed by atoms with E-state index in [2.05, 4.69) is 34.7 Å². The number of aromatic nitrogens is 1. The van der Waals surface area contributed by atoms with Crippen molar-refractivity contribution < 1.29 is 19.5 Å². The van der Waals surface area contributed by atoms with Gasteiger partial charge < -0.3 is 20.6 Å². The summed E-state index contributed by atoms with van der Waals surface area (Å²) >= 11 is 1.60. The highest BCUT2D eigenvalue weighted by molar-refractivity contribution is 7.13. The number of unbranched alkanes of at least 4 members (excludes halogenated alkanes) is 1. The Morgan fingerprint density at radius 2 is 1.86 bits per heavy atom. The number of hydrogen-bond acceptors (Lipinski definition) is 6. The van der Waals surface area contributed by atoms with E-state index >= 15 is 0 Å². The number of carbonyl (C=O) groups excluding carboxylic acids is 3. The third-order valence-corrected chi connectivity index (χ3v) is 7.79. The normalized spacial score (nSPS) is 19.4. The predicted octanol–water partition coefficient (Wildman–Crippen LogP) is 3.98. The van der Waals surface area contributed by atoms with Crippen molar-refractivity contribution in [3.8, 4) is 10.4 Å². The van der Waals surface area contributed by atoms with E-state index in [1.165, 1.54) is 11.8 Å².